The number of nitrogens with one attached hydrogen (secondary N) is 1. The Bertz CT molecular complexity index is 1790. The number of aromatic nitrogens is 3. The predicted molar refractivity (Wildman–Crippen MR) is 141 cm³/mol. The third-order valence-corrected chi connectivity index (χ3v) is 7.17. The molecule has 182 valence electrons. The first-order valence-corrected chi connectivity index (χ1v) is 12.0. The molecular weight excluding hydrogens is 505 g/mol. The first kappa shape index (κ1) is 23.8. The number of nitrogens with zero attached hydrogens (tertiary/aromatic N) is 2. The number of aromatic amines is 1. The number of halogens is 2. The molecule has 5 aromatic rings. The number of hydrogen-bond donors (Lipinski definition) is 1. The lowest BCUT2D eigenvalue weighted by molar-refractivity contribution is 0.299. The molecule has 0 spiro atoms. The van der Waals surface area contributed by atoms with Crippen LogP contribution in [0.15, 0.2) is 65.0 Å². The van der Waals surface area contributed by atoms with Gasteiger partial charge < -0.3 is 14.5 Å². The Balaban J connectivity index is 1.72. The van der Waals surface area contributed by atoms with Crippen LogP contribution >= 0.6 is 22.9 Å². The van der Waals surface area contributed by atoms with Gasteiger partial charge in [-0.2, -0.15) is 0 Å². The molecular formula is C26H19ClFN3O4S. The minimum Gasteiger partial charge on any atom is -0.494 e. The van der Waals surface area contributed by atoms with E-state index in [1.165, 1.54) is 19.4 Å². The highest BCUT2D eigenvalue weighted by Gasteiger charge is 2.18. The Morgan fingerprint density at radius 2 is 2.03 bits per heavy atom. The third-order valence-electron chi connectivity index (χ3n) is 5.70. The second kappa shape index (κ2) is 9.25. The minimum absolute atomic E-state index is 0.0176. The van der Waals surface area contributed by atoms with E-state index < -0.39 is 17.1 Å². The monoisotopic (exact) mass is 523 g/mol. The van der Waals surface area contributed by atoms with Gasteiger partial charge in [0.2, 0.25) is 0 Å². The minimum atomic E-state index is -0.622. The van der Waals surface area contributed by atoms with Crippen LogP contribution in [0.25, 0.3) is 42.9 Å². The second-order valence-electron chi connectivity index (χ2n) is 7.84. The molecule has 0 saturated carbocycles. The van der Waals surface area contributed by atoms with Crippen molar-refractivity contribution in [2.24, 2.45) is 0 Å². The van der Waals surface area contributed by atoms with Crippen molar-refractivity contribution in [2.45, 2.75) is 6.92 Å². The molecule has 36 heavy (non-hydrogen) atoms. The van der Waals surface area contributed by atoms with Crippen LogP contribution in [0.3, 0.4) is 0 Å². The van der Waals surface area contributed by atoms with Gasteiger partial charge >= 0.3 is 5.69 Å². The lowest BCUT2D eigenvalue weighted by Gasteiger charge is -2.11. The number of fused-ring (bicyclic) bond motifs is 2. The summed E-state index contributed by atoms with van der Waals surface area (Å²) in [5.74, 6) is -0.102. The Morgan fingerprint density at radius 3 is 2.78 bits per heavy atom. The van der Waals surface area contributed by atoms with Gasteiger partial charge in [0.25, 0.3) is 5.56 Å². The zero-order valence-corrected chi connectivity index (χ0v) is 20.8. The largest absolute Gasteiger partial charge is 0.494 e. The average Bonchev–Trinajstić information content (AvgIpc) is 3.28. The summed E-state index contributed by atoms with van der Waals surface area (Å²) in [5, 5.41) is 1.53. The second-order valence-corrected chi connectivity index (χ2v) is 9.30. The van der Waals surface area contributed by atoms with Gasteiger partial charge in [-0.05, 0) is 31.2 Å². The standard InChI is InChI=1S/C26H19ClFN3O4S/c1-4-35-13(2)14-5-6-15-11-29-12-21(16(15)7-14)31-25(32)24-20(30-26(31)33)10-23(36-24)17-8-22(34-3)19(28)9-18(17)27/h5-12H,2,4H2,1,3H3,(H,30,33). The lowest BCUT2D eigenvalue weighted by Crippen LogP contribution is -2.33. The maximum Gasteiger partial charge on any atom is 0.333 e. The van der Waals surface area contributed by atoms with Crippen LogP contribution in [0, 0.1) is 5.82 Å². The van der Waals surface area contributed by atoms with Gasteiger partial charge in [0.1, 0.15) is 10.5 Å². The topological polar surface area (TPSA) is 86.2 Å². The lowest BCUT2D eigenvalue weighted by atomic mass is 10.1. The molecule has 0 atom stereocenters. The molecule has 7 nitrogen and oxygen atoms in total. The zero-order chi connectivity index (χ0) is 25.6. The van der Waals surface area contributed by atoms with Gasteiger partial charge in [0, 0.05) is 33.0 Å². The first-order valence-electron chi connectivity index (χ1n) is 10.8. The fraction of sp³-hybridized carbons (Fsp3) is 0.115. The maximum atomic E-state index is 14.0. The molecule has 0 saturated heterocycles. The van der Waals surface area contributed by atoms with Gasteiger partial charge in [-0.25, -0.2) is 13.8 Å². The van der Waals surface area contributed by atoms with Crippen molar-refractivity contribution < 1.29 is 13.9 Å². The molecule has 10 heteroatoms. The summed E-state index contributed by atoms with van der Waals surface area (Å²) in [7, 11) is 1.35. The van der Waals surface area contributed by atoms with E-state index in [1.54, 1.807) is 12.3 Å². The molecule has 0 radical (unpaired) electrons. The molecule has 3 heterocycles. The molecule has 0 bridgehead atoms. The normalized spacial score (nSPS) is 11.2. The number of thiophene rings is 1. The Morgan fingerprint density at radius 1 is 1.22 bits per heavy atom. The molecule has 0 fully saturated rings. The zero-order valence-electron chi connectivity index (χ0n) is 19.2. The van der Waals surface area contributed by atoms with Crippen molar-refractivity contribution in [3.8, 4) is 21.9 Å². The molecule has 2 aromatic carbocycles. The average molecular weight is 524 g/mol. The van der Waals surface area contributed by atoms with E-state index in [1.807, 2.05) is 25.1 Å². The van der Waals surface area contributed by atoms with Crippen LogP contribution in [0.2, 0.25) is 5.02 Å². The van der Waals surface area contributed by atoms with Crippen molar-refractivity contribution in [3.63, 3.8) is 0 Å². The van der Waals surface area contributed by atoms with Crippen molar-refractivity contribution in [1.82, 2.24) is 14.5 Å². The van der Waals surface area contributed by atoms with Crippen molar-refractivity contribution in [2.75, 3.05) is 13.7 Å². The Hall–Kier alpha value is -3.95. The number of H-pyrrole nitrogens is 1. The summed E-state index contributed by atoms with van der Waals surface area (Å²) in [6, 6.07) is 9.73. The van der Waals surface area contributed by atoms with E-state index >= 15 is 0 Å². The summed E-state index contributed by atoms with van der Waals surface area (Å²) < 4.78 is 26.0. The van der Waals surface area contributed by atoms with Crippen molar-refractivity contribution >= 4 is 49.7 Å². The van der Waals surface area contributed by atoms with E-state index in [9.17, 15) is 14.0 Å². The number of rotatable bonds is 6. The van der Waals surface area contributed by atoms with E-state index in [2.05, 4.69) is 16.5 Å². The van der Waals surface area contributed by atoms with Gasteiger partial charge in [-0.1, -0.05) is 30.3 Å². The van der Waals surface area contributed by atoms with Gasteiger partial charge in [-0.3, -0.25) is 9.78 Å². The molecule has 3 aromatic heterocycles. The SMILES string of the molecule is C=C(OCC)c1ccc2cncc(-n3c(=O)[nH]c4cc(-c5cc(OC)c(F)cc5Cl)sc4c3=O)c2c1. The fourth-order valence-corrected chi connectivity index (χ4v) is 5.37. The Labute approximate surface area is 213 Å². The summed E-state index contributed by atoms with van der Waals surface area (Å²) in [5.41, 5.74) is 0.735. The molecule has 0 aliphatic heterocycles. The van der Waals surface area contributed by atoms with Crippen molar-refractivity contribution in [3.05, 3.63) is 92.6 Å². The maximum absolute atomic E-state index is 14.0. The smallest absolute Gasteiger partial charge is 0.333 e. The Kier molecular flexibility index (Phi) is 6.11. The molecule has 5 rings (SSSR count). The highest BCUT2D eigenvalue weighted by atomic mass is 35.5. The number of pyridine rings is 1. The number of hydrogen-bond acceptors (Lipinski definition) is 6. The molecule has 0 aliphatic carbocycles. The first-order chi connectivity index (χ1) is 17.3. The van der Waals surface area contributed by atoms with E-state index in [-0.39, 0.29) is 10.8 Å². The van der Waals surface area contributed by atoms with Crippen molar-refractivity contribution in [1.29, 1.82) is 0 Å². The fourth-order valence-electron chi connectivity index (χ4n) is 3.99. The molecule has 0 aliphatic rings. The van der Waals surface area contributed by atoms with Crippen LogP contribution in [-0.4, -0.2) is 28.3 Å². The highest BCUT2D eigenvalue weighted by molar-refractivity contribution is 7.22. The molecule has 1 N–H and O–H groups in total. The molecule has 0 amide bonds. The molecule has 0 unspecified atom stereocenters. The van der Waals surface area contributed by atoms with E-state index in [4.69, 9.17) is 21.1 Å². The summed E-state index contributed by atoms with van der Waals surface area (Å²) >= 11 is 7.41. The quantitative estimate of drug-likeness (QED) is 0.286. The number of benzene rings is 2. The van der Waals surface area contributed by atoms with Crippen LogP contribution in [0.1, 0.15) is 12.5 Å². The predicted octanol–water partition coefficient (Wildman–Crippen LogP) is 5.76. The summed E-state index contributed by atoms with van der Waals surface area (Å²) in [6.07, 6.45) is 3.12. The van der Waals surface area contributed by atoms with Crippen LogP contribution in [-0.2, 0) is 4.74 Å². The summed E-state index contributed by atoms with van der Waals surface area (Å²) in [6.45, 7) is 6.26. The van der Waals surface area contributed by atoms with Crippen LogP contribution < -0.4 is 16.0 Å². The van der Waals surface area contributed by atoms with Gasteiger partial charge in [0.15, 0.2) is 11.6 Å². The van der Waals surface area contributed by atoms with Gasteiger partial charge in [-0.15, -0.1) is 11.3 Å². The number of methoxy groups -OCH3 is 1. The van der Waals surface area contributed by atoms with Crippen LogP contribution in [0.5, 0.6) is 5.75 Å². The summed E-state index contributed by atoms with van der Waals surface area (Å²) in [4.78, 5) is 34.3. The van der Waals surface area contributed by atoms with E-state index in [0.29, 0.717) is 44.1 Å². The van der Waals surface area contributed by atoms with E-state index in [0.717, 1.165) is 32.9 Å². The van der Waals surface area contributed by atoms with Gasteiger partial charge in [0.05, 0.1) is 36.1 Å². The van der Waals surface area contributed by atoms with Crippen LogP contribution in [0.4, 0.5) is 4.39 Å². The number of ether oxygens (including phenoxy) is 2. The highest BCUT2D eigenvalue weighted by Crippen LogP contribution is 2.38. The third kappa shape index (κ3) is 3.96.